The summed E-state index contributed by atoms with van der Waals surface area (Å²) in [6.07, 6.45) is 0. The first-order valence-corrected chi connectivity index (χ1v) is 14.2. The molecule has 0 amide bonds. The number of rotatable bonds is 6. The van der Waals surface area contributed by atoms with Crippen LogP contribution in [0.4, 0.5) is 11.4 Å². The average Bonchev–Trinajstić information content (AvgIpc) is 3.16. The molecule has 8 nitrogen and oxygen atoms in total. The van der Waals surface area contributed by atoms with Crippen molar-refractivity contribution in [2.45, 2.75) is 31.2 Å². The Labute approximate surface area is 231 Å². The smallest absolute Gasteiger partial charge is 0.238 e. The molecule has 1 heterocycles. The number of nitrogens with one attached hydrogen (secondary N) is 1. The third-order valence-corrected chi connectivity index (χ3v) is 7.60. The normalized spacial score (nSPS) is 12.1. The molecule has 39 heavy (non-hydrogen) atoms. The lowest BCUT2D eigenvalue weighted by Crippen LogP contribution is -2.13. The highest BCUT2D eigenvalue weighted by Gasteiger charge is 2.19. The van der Waals surface area contributed by atoms with Crippen molar-refractivity contribution < 1.29 is 13.5 Å². The molecule has 5 rings (SSSR count). The van der Waals surface area contributed by atoms with Gasteiger partial charge in [-0.3, -0.25) is 0 Å². The van der Waals surface area contributed by atoms with Crippen molar-refractivity contribution >= 4 is 60.4 Å². The molecule has 0 atom stereocenters. The fourth-order valence-corrected chi connectivity index (χ4v) is 5.19. The van der Waals surface area contributed by atoms with E-state index >= 15 is 0 Å². The van der Waals surface area contributed by atoms with Crippen molar-refractivity contribution in [2.24, 2.45) is 15.4 Å². The van der Waals surface area contributed by atoms with Gasteiger partial charge in [0.1, 0.15) is 0 Å². The number of anilines is 1. The molecule has 0 saturated heterocycles. The van der Waals surface area contributed by atoms with Gasteiger partial charge in [0.2, 0.25) is 21.0 Å². The maximum Gasteiger partial charge on any atom is 0.238 e. The fourth-order valence-electron chi connectivity index (χ4n) is 4.47. The molecule has 0 spiro atoms. The summed E-state index contributed by atoms with van der Waals surface area (Å²) in [5.74, 6) is 0.251. The van der Waals surface area contributed by atoms with Crippen molar-refractivity contribution in [1.82, 2.24) is 4.57 Å². The quantitative estimate of drug-likeness (QED) is 0.157. The molecule has 0 aliphatic carbocycles. The van der Waals surface area contributed by atoms with E-state index in [0.29, 0.717) is 17.9 Å². The summed E-state index contributed by atoms with van der Waals surface area (Å²) in [7, 11) is -3.87. The minimum Gasteiger partial charge on any atom is -0.493 e. The third-order valence-electron chi connectivity index (χ3n) is 6.51. The van der Waals surface area contributed by atoms with Gasteiger partial charge in [-0.05, 0) is 76.4 Å². The molecule has 0 bridgehead atoms. The summed E-state index contributed by atoms with van der Waals surface area (Å²) in [5.41, 5.74) is 3.65. The van der Waals surface area contributed by atoms with Gasteiger partial charge in [-0.1, -0.05) is 62.4 Å². The summed E-state index contributed by atoms with van der Waals surface area (Å²) >= 11 is 5.32. The molecule has 0 fully saturated rings. The van der Waals surface area contributed by atoms with Gasteiger partial charge in [0.25, 0.3) is 0 Å². The van der Waals surface area contributed by atoms with Crippen LogP contribution in [0.25, 0.3) is 21.7 Å². The van der Waals surface area contributed by atoms with E-state index in [1.807, 2.05) is 34.9 Å². The van der Waals surface area contributed by atoms with E-state index in [9.17, 15) is 13.5 Å². The van der Waals surface area contributed by atoms with Gasteiger partial charge in [0, 0.05) is 11.1 Å². The van der Waals surface area contributed by atoms with Crippen molar-refractivity contribution in [3.05, 3.63) is 96.1 Å². The predicted octanol–water partition coefficient (Wildman–Crippen LogP) is 6.80. The molecule has 4 N–H and O–H groups in total. The molecule has 4 aromatic carbocycles. The molecule has 0 aliphatic heterocycles. The number of aromatic hydroxyl groups is 1. The number of aromatic nitrogens is 1. The van der Waals surface area contributed by atoms with E-state index < -0.39 is 10.0 Å². The molecule has 0 saturated carbocycles. The Morgan fingerprint density at radius 2 is 1.77 bits per heavy atom. The van der Waals surface area contributed by atoms with Crippen molar-refractivity contribution in [3.8, 4) is 5.88 Å². The van der Waals surface area contributed by atoms with Gasteiger partial charge in [-0.2, -0.15) is 0 Å². The van der Waals surface area contributed by atoms with Gasteiger partial charge in [-0.25, -0.2) is 13.6 Å². The Bertz CT molecular complexity index is 1860. The molecule has 0 unspecified atom stereocenters. The lowest BCUT2D eigenvalue weighted by Gasteiger charge is -2.09. The first kappa shape index (κ1) is 26.5. The molecule has 0 radical (unpaired) electrons. The standard InChI is InChI=1S/C29H27N5O3S2/c1-18(2)21-12-13-26-25(15-21)27(32-33-29(38)31-23-8-5-9-24(16-23)39(30,36)37)28(35)34(26)17-19-10-11-20-6-3-4-7-22(20)14-19/h3-16,18,35H,17H2,1-2H3,(H,31,38)(H2,30,36,37). The Morgan fingerprint density at radius 3 is 2.51 bits per heavy atom. The molecule has 198 valence electrons. The van der Waals surface area contributed by atoms with Gasteiger partial charge in [0.05, 0.1) is 17.0 Å². The first-order valence-electron chi connectivity index (χ1n) is 12.3. The highest BCUT2D eigenvalue weighted by Crippen LogP contribution is 2.40. The maximum absolute atomic E-state index is 11.7. The number of thiocarbonyl (C=S) groups is 1. The first-order chi connectivity index (χ1) is 18.6. The zero-order valence-corrected chi connectivity index (χ0v) is 23.0. The molecule has 10 heteroatoms. The average molecular weight is 558 g/mol. The summed E-state index contributed by atoms with van der Waals surface area (Å²) in [6, 6.07) is 26.3. The van der Waals surface area contributed by atoms with E-state index in [1.54, 1.807) is 12.1 Å². The van der Waals surface area contributed by atoms with Gasteiger partial charge < -0.3 is 15.0 Å². The molecule has 5 aromatic rings. The molecular weight excluding hydrogens is 530 g/mol. The second-order valence-corrected chi connectivity index (χ2v) is 11.5. The van der Waals surface area contributed by atoms with Crippen LogP contribution >= 0.6 is 12.2 Å². The van der Waals surface area contributed by atoms with Crippen LogP contribution < -0.4 is 10.5 Å². The summed E-state index contributed by atoms with van der Waals surface area (Å²) in [4.78, 5) is -0.0529. The Balaban J connectivity index is 1.50. The van der Waals surface area contributed by atoms with Crippen LogP contribution in [0.15, 0.2) is 100 Å². The number of sulfonamides is 1. The van der Waals surface area contributed by atoms with E-state index in [1.165, 1.54) is 12.1 Å². The van der Waals surface area contributed by atoms with E-state index in [0.717, 1.165) is 32.8 Å². The number of nitrogens with two attached hydrogens (primary N) is 1. The van der Waals surface area contributed by atoms with Crippen molar-refractivity contribution in [3.63, 3.8) is 0 Å². The largest absolute Gasteiger partial charge is 0.493 e. The summed E-state index contributed by atoms with van der Waals surface area (Å²) in [5, 5.41) is 30.8. The Morgan fingerprint density at radius 1 is 1.00 bits per heavy atom. The van der Waals surface area contributed by atoms with Crippen LogP contribution in [0.3, 0.4) is 0 Å². The van der Waals surface area contributed by atoms with Crippen molar-refractivity contribution in [1.29, 1.82) is 0 Å². The van der Waals surface area contributed by atoms with Gasteiger partial charge in [0.15, 0.2) is 5.69 Å². The number of fused-ring (bicyclic) bond motifs is 2. The Hall–Kier alpha value is -4.12. The van der Waals surface area contributed by atoms with Crippen LogP contribution in [-0.2, 0) is 16.6 Å². The van der Waals surface area contributed by atoms with Gasteiger partial charge >= 0.3 is 0 Å². The minimum atomic E-state index is -3.87. The lowest BCUT2D eigenvalue weighted by atomic mass is 10.0. The topological polar surface area (TPSA) is 122 Å². The number of azo groups is 1. The number of hydrogen-bond donors (Lipinski definition) is 3. The highest BCUT2D eigenvalue weighted by atomic mass is 32.2. The Kier molecular flexibility index (Phi) is 7.17. The van der Waals surface area contributed by atoms with Crippen LogP contribution in [0.2, 0.25) is 0 Å². The number of hydrogen-bond acceptors (Lipinski definition) is 5. The number of primary sulfonamides is 1. The van der Waals surface area contributed by atoms with Crippen LogP contribution in [0, 0.1) is 0 Å². The zero-order chi connectivity index (χ0) is 27.7. The van der Waals surface area contributed by atoms with Crippen molar-refractivity contribution in [2.75, 3.05) is 5.32 Å². The summed E-state index contributed by atoms with van der Waals surface area (Å²) < 4.78 is 25.1. The van der Waals surface area contributed by atoms with Crippen LogP contribution in [-0.4, -0.2) is 23.2 Å². The minimum absolute atomic E-state index is 0.00332. The lowest BCUT2D eigenvalue weighted by molar-refractivity contribution is 0.429. The second kappa shape index (κ2) is 10.6. The second-order valence-electron chi connectivity index (χ2n) is 9.57. The number of benzene rings is 4. The predicted molar refractivity (Wildman–Crippen MR) is 159 cm³/mol. The summed E-state index contributed by atoms with van der Waals surface area (Å²) in [6.45, 7) is 4.64. The van der Waals surface area contributed by atoms with Gasteiger partial charge in [-0.15, -0.1) is 10.2 Å². The number of nitrogens with zero attached hydrogens (tertiary/aromatic N) is 3. The SMILES string of the molecule is CC(C)c1ccc2c(c1)c(N=NC(=S)Nc1cccc(S(N)(=O)=O)c1)c(O)n2Cc1ccc2ccccc2c1. The highest BCUT2D eigenvalue weighted by molar-refractivity contribution is 7.89. The third kappa shape index (κ3) is 5.68. The zero-order valence-electron chi connectivity index (χ0n) is 21.4. The van der Waals surface area contributed by atoms with Crippen LogP contribution in [0.1, 0.15) is 30.9 Å². The fraction of sp³-hybridized carbons (Fsp3) is 0.138. The molecular formula is C29H27N5O3S2. The molecule has 0 aliphatic rings. The monoisotopic (exact) mass is 557 g/mol. The van der Waals surface area contributed by atoms with E-state index in [-0.39, 0.29) is 21.8 Å². The maximum atomic E-state index is 11.7. The molecule has 1 aromatic heterocycles. The van der Waals surface area contributed by atoms with E-state index in [4.69, 9.17) is 17.4 Å². The van der Waals surface area contributed by atoms with Crippen LogP contribution in [0.5, 0.6) is 5.88 Å². The van der Waals surface area contributed by atoms with E-state index in [2.05, 4.69) is 59.7 Å².